The number of carboxylic acids is 1. The topological polar surface area (TPSA) is 77.8 Å². The molecule has 1 aromatic carbocycles. The van der Waals surface area contributed by atoms with E-state index in [9.17, 15) is 19.1 Å². The molecule has 0 aromatic heterocycles. The molecular weight excluding hydrogens is 253 g/mol. The van der Waals surface area contributed by atoms with Crippen LogP contribution < -0.4 is 0 Å². The van der Waals surface area contributed by atoms with E-state index < -0.39 is 23.4 Å². The highest BCUT2D eigenvalue weighted by Crippen LogP contribution is 2.33. The summed E-state index contributed by atoms with van der Waals surface area (Å²) in [6.45, 7) is 0.191. The van der Waals surface area contributed by atoms with Crippen LogP contribution in [0.3, 0.4) is 0 Å². The Morgan fingerprint density at radius 1 is 1.37 bits per heavy atom. The number of hydrogen-bond acceptors (Lipinski definition) is 2. The molecule has 1 fully saturated rings. The number of hydrogen-bond donors (Lipinski definition) is 2. The highest BCUT2D eigenvalue weighted by Gasteiger charge is 2.50. The van der Waals surface area contributed by atoms with E-state index in [-0.39, 0.29) is 19.4 Å². The molecule has 1 amide bonds. The number of nitrogens with zero attached hydrogens (tertiary/aromatic N) is 1. The van der Waals surface area contributed by atoms with Crippen LogP contribution in [0.1, 0.15) is 18.4 Å². The van der Waals surface area contributed by atoms with Gasteiger partial charge in [-0.25, -0.2) is 14.0 Å². The van der Waals surface area contributed by atoms with Gasteiger partial charge in [-0.15, -0.1) is 0 Å². The number of rotatable bonds is 3. The third-order valence-electron chi connectivity index (χ3n) is 3.50. The van der Waals surface area contributed by atoms with Gasteiger partial charge < -0.3 is 10.2 Å². The van der Waals surface area contributed by atoms with Gasteiger partial charge in [0.15, 0.2) is 0 Å². The molecule has 0 spiro atoms. The van der Waals surface area contributed by atoms with E-state index >= 15 is 0 Å². The average molecular weight is 267 g/mol. The summed E-state index contributed by atoms with van der Waals surface area (Å²) in [6.07, 6.45) is -0.540. The van der Waals surface area contributed by atoms with Crippen molar-refractivity contribution >= 4 is 12.1 Å². The second-order valence-electron chi connectivity index (χ2n) is 4.68. The standard InChI is InChI=1S/C13H14FNO4/c14-10-4-1-3-9(7-10)8-13(11(16)17)5-2-6-15(13)12(18)19/h1,3-4,7H,2,5-6,8H2,(H,16,17)(H,18,19)/t13-/m0/s1. The van der Waals surface area contributed by atoms with E-state index in [1.807, 2.05) is 0 Å². The molecular formula is C13H14FNO4. The van der Waals surface area contributed by atoms with Crippen molar-refractivity contribution < 1.29 is 24.2 Å². The van der Waals surface area contributed by atoms with Crippen molar-refractivity contribution in [2.45, 2.75) is 24.8 Å². The van der Waals surface area contributed by atoms with Gasteiger partial charge in [0.25, 0.3) is 0 Å². The molecule has 19 heavy (non-hydrogen) atoms. The molecule has 1 aliphatic heterocycles. The van der Waals surface area contributed by atoms with Gasteiger partial charge in [0.1, 0.15) is 11.4 Å². The minimum Gasteiger partial charge on any atom is -0.479 e. The van der Waals surface area contributed by atoms with Crippen LogP contribution in [0.5, 0.6) is 0 Å². The normalized spacial score (nSPS) is 22.5. The van der Waals surface area contributed by atoms with Crippen LogP contribution in [-0.4, -0.2) is 39.3 Å². The van der Waals surface area contributed by atoms with Gasteiger partial charge in [0.2, 0.25) is 0 Å². The summed E-state index contributed by atoms with van der Waals surface area (Å²) in [5.74, 6) is -1.64. The SMILES string of the molecule is O=C(O)N1CCC[C@]1(Cc1cccc(F)c1)C(=O)O. The molecule has 1 aliphatic rings. The maximum atomic E-state index is 13.1. The van der Waals surface area contributed by atoms with Crippen LogP contribution in [0.4, 0.5) is 9.18 Å². The maximum Gasteiger partial charge on any atom is 0.408 e. The summed E-state index contributed by atoms with van der Waals surface area (Å²) in [6, 6.07) is 5.59. The molecule has 5 nitrogen and oxygen atoms in total. The van der Waals surface area contributed by atoms with Crippen LogP contribution in [0.25, 0.3) is 0 Å². The maximum absolute atomic E-state index is 13.1. The van der Waals surface area contributed by atoms with Crippen LogP contribution >= 0.6 is 0 Å². The highest BCUT2D eigenvalue weighted by molar-refractivity contribution is 5.85. The van der Waals surface area contributed by atoms with E-state index in [2.05, 4.69) is 0 Å². The lowest BCUT2D eigenvalue weighted by atomic mass is 9.88. The van der Waals surface area contributed by atoms with Gasteiger partial charge in [0.05, 0.1) is 0 Å². The number of carboxylic acid groups (broad SMARTS) is 2. The Bertz CT molecular complexity index is 519. The molecule has 2 N–H and O–H groups in total. The lowest BCUT2D eigenvalue weighted by molar-refractivity contribution is -0.148. The molecule has 0 saturated carbocycles. The monoisotopic (exact) mass is 267 g/mol. The number of amides is 1. The molecule has 102 valence electrons. The minimum absolute atomic E-state index is 0.0214. The number of likely N-dealkylation sites (tertiary alicyclic amines) is 1. The predicted octanol–water partition coefficient (Wildman–Crippen LogP) is 1.97. The Kier molecular flexibility index (Phi) is 3.42. The van der Waals surface area contributed by atoms with Crippen molar-refractivity contribution in [3.05, 3.63) is 35.6 Å². The van der Waals surface area contributed by atoms with Gasteiger partial charge in [-0.05, 0) is 30.5 Å². The van der Waals surface area contributed by atoms with Crippen molar-refractivity contribution in [3.63, 3.8) is 0 Å². The van der Waals surface area contributed by atoms with Crippen molar-refractivity contribution in [1.29, 1.82) is 0 Å². The Morgan fingerprint density at radius 3 is 2.68 bits per heavy atom. The van der Waals surface area contributed by atoms with Gasteiger partial charge in [-0.2, -0.15) is 0 Å². The van der Waals surface area contributed by atoms with Gasteiger partial charge in [-0.3, -0.25) is 4.90 Å². The summed E-state index contributed by atoms with van der Waals surface area (Å²) < 4.78 is 13.1. The Balaban J connectivity index is 2.35. The Labute approximate surface area is 109 Å². The number of benzene rings is 1. The zero-order valence-corrected chi connectivity index (χ0v) is 10.2. The molecule has 1 aromatic rings. The lowest BCUT2D eigenvalue weighted by Gasteiger charge is -2.32. The summed E-state index contributed by atoms with van der Waals surface area (Å²) in [5.41, 5.74) is -1.00. The molecule has 0 aliphatic carbocycles. The predicted molar refractivity (Wildman–Crippen MR) is 64.4 cm³/mol. The number of halogens is 1. The molecule has 6 heteroatoms. The van der Waals surface area contributed by atoms with Crippen molar-refractivity contribution in [1.82, 2.24) is 4.90 Å². The first kappa shape index (κ1) is 13.3. The van der Waals surface area contributed by atoms with E-state index in [0.717, 1.165) is 4.90 Å². The van der Waals surface area contributed by atoms with Crippen LogP contribution in [0.15, 0.2) is 24.3 Å². The second-order valence-corrected chi connectivity index (χ2v) is 4.68. The summed E-state index contributed by atoms with van der Waals surface area (Å²) in [7, 11) is 0. The molecule has 2 rings (SSSR count). The zero-order valence-electron chi connectivity index (χ0n) is 10.2. The number of carbonyl (C=O) groups is 2. The first-order valence-electron chi connectivity index (χ1n) is 5.94. The lowest BCUT2D eigenvalue weighted by Crippen LogP contribution is -2.54. The van der Waals surface area contributed by atoms with E-state index in [4.69, 9.17) is 5.11 Å². The average Bonchev–Trinajstić information content (AvgIpc) is 2.74. The highest BCUT2D eigenvalue weighted by atomic mass is 19.1. The van der Waals surface area contributed by atoms with Crippen molar-refractivity contribution in [2.24, 2.45) is 0 Å². The van der Waals surface area contributed by atoms with Crippen LogP contribution in [0, 0.1) is 5.82 Å². The van der Waals surface area contributed by atoms with Crippen LogP contribution in [0.2, 0.25) is 0 Å². The summed E-state index contributed by atoms with van der Waals surface area (Å²) >= 11 is 0. The molecule has 0 unspecified atom stereocenters. The third-order valence-corrected chi connectivity index (χ3v) is 3.50. The quantitative estimate of drug-likeness (QED) is 0.877. The molecule has 1 heterocycles. The fourth-order valence-corrected chi connectivity index (χ4v) is 2.62. The Hall–Kier alpha value is -2.11. The third kappa shape index (κ3) is 2.38. The van der Waals surface area contributed by atoms with E-state index in [1.165, 1.54) is 18.2 Å². The first-order valence-corrected chi connectivity index (χ1v) is 5.94. The fourth-order valence-electron chi connectivity index (χ4n) is 2.62. The molecule has 1 atom stereocenters. The summed E-state index contributed by atoms with van der Waals surface area (Å²) in [5, 5.41) is 18.5. The fraction of sp³-hybridized carbons (Fsp3) is 0.385. The number of aliphatic carboxylic acids is 1. The van der Waals surface area contributed by atoms with Crippen LogP contribution in [-0.2, 0) is 11.2 Å². The van der Waals surface area contributed by atoms with Crippen molar-refractivity contribution in [2.75, 3.05) is 6.54 Å². The molecule has 0 bridgehead atoms. The molecule has 0 radical (unpaired) electrons. The van der Waals surface area contributed by atoms with E-state index in [0.29, 0.717) is 12.0 Å². The van der Waals surface area contributed by atoms with Crippen molar-refractivity contribution in [3.8, 4) is 0 Å². The largest absolute Gasteiger partial charge is 0.479 e. The minimum atomic E-state index is -1.49. The molecule has 1 saturated heterocycles. The van der Waals surface area contributed by atoms with Gasteiger partial charge in [-0.1, -0.05) is 12.1 Å². The van der Waals surface area contributed by atoms with Gasteiger partial charge in [0, 0.05) is 13.0 Å². The Morgan fingerprint density at radius 2 is 2.11 bits per heavy atom. The second kappa shape index (κ2) is 4.87. The van der Waals surface area contributed by atoms with Gasteiger partial charge >= 0.3 is 12.1 Å². The smallest absolute Gasteiger partial charge is 0.408 e. The summed E-state index contributed by atoms with van der Waals surface area (Å²) in [4.78, 5) is 23.6. The van der Waals surface area contributed by atoms with E-state index in [1.54, 1.807) is 6.07 Å². The zero-order chi connectivity index (χ0) is 14.0. The first-order chi connectivity index (χ1) is 8.95.